The van der Waals surface area contributed by atoms with Gasteiger partial charge in [-0.15, -0.1) is 0 Å². The number of amides is 2. The van der Waals surface area contributed by atoms with Crippen LogP contribution in [0, 0.1) is 0 Å². The first-order chi connectivity index (χ1) is 17.6. The molecule has 6 rings (SSSR count). The van der Waals surface area contributed by atoms with Gasteiger partial charge in [-0.1, -0.05) is 48.5 Å². The number of nitrogens with zero attached hydrogens (tertiary/aromatic N) is 3. The molecule has 3 N–H and O–H groups in total. The van der Waals surface area contributed by atoms with Crippen molar-refractivity contribution in [2.75, 3.05) is 31.5 Å². The Morgan fingerprint density at radius 2 is 1.53 bits per heavy atom. The summed E-state index contributed by atoms with van der Waals surface area (Å²) in [4.78, 5) is 50.3. The SMILES string of the molecule is O=C(CCC(=O)N1CCN(C2c3ccccc3-c3ccccc32)CC1)Nc1ccc2[nH]c(=O)[nH]c2n1. The second kappa shape index (κ2) is 9.09. The Morgan fingerprint density at radius 1 is 0.861 bits per heavy atom. The molecule has 2 aromatic carbocycles. The summed E-state index contributed by atoms with van der Waals surface area (Å²) in [5, 5.41) is 2.70. The van der Waals surface area contributed by atoms with Gasteiger partial charge < -0.3 is 15.2 Å². The summed E-state index contributed by atoms with van der Waals surface area (Å²) in [6.45, 7) is 2.84. The van der Waals surface area contributed by atoms with Crippen molar-refractivity contribution >= 4 is 28.8 Å². The number of H-pyrrole nitrogens is 2. The molecular formula is C27H26N6O3. The van der Waals surface area contributed by atoms with Crippen molar-refractivity contribution in [3.05, 3.63) is 82.3 Å². The summed E-state index contributed by atoms with van der Waals surface area (Å²) in [6.07, 6.45) is 0.218. The van der Waals surface area contributed by atoms with Gasteiger partial charge in [-0.05, 0) is 34.4 Å². The van der Waals surface area contributed by atoms with Crippen LogP contribution in [0.4, 0.5) is 5.82 Å². The summed E-state index contributed by atoms with van der Waals surface area (Å²) >= 11 is 0. The molecule has 3 heterocycles. The maximum Gasteiger partial charge on any atom is 0.325 e. The molecule has 0 bridgehead atoms. The summed E-state index contributed by atoms with van der Waals surface area (Å²) in [7, 11) is 0. The molecule has 0 spiro atoms. The lowest BCUT2D eigenvalue weighted by atomic mass is 10.0. The van der Waals surface area contributed by atoms with E-state index in [1.807, 2.05) is 4.90 Å². The third-order valence-electron chi connectivity index (χ3n) is 7.04. The molecule has 9 heteroatoms. The molecule has 1 aliphatic heterocycles. The zero-order valence-electron chi connectivity index (χ0n) is 19.7. The molecule has 9 nitrogen and oxygen atoms in total. The van der Waals surface area contributed by atoms with E-state index in [9.17, 15) is 14.4 Å². The largest absolute Gasteiger partial charge is 0.340 e. The molecule has 1 fully saturated rings. The quantitative estimate of drug-likeness (QED) is 0.405. The van der Waals surface area contributed by atoms with Gasteiger partial charge in [-0.25, -0.2) is 9.78 Å². The first kappa shape index (κ1) is 22.2. The highest BCUT2D eigenvalue weighted by atomic mass is 16.2. The van der Waals surface area contributed by atoms with Gasteiger partial charge in [0, 0.05) is 39.0 Å². The molecule has 1 saturated heterocycles. The van der Waals surface area contributed by atoms with E-state index in [2.05, 4.69) is 73.7 Å². The second-order valence-corrected chi connectivity index (χ2v) is 9.21. The van der Waals surface area contributed by atoms with E-state index in [4.69, 9.17) is 0 Å². The Balaban J connectivity index is 1.04. The highest BCUT2D eigenvalue weighted by Gasteiger charge is 2.34. The average Bonchev–Trinajstić information content (AvgIpc) is 3.44. The Morgan fingerprint density at radius 3 is 2.22 bits per heavy atom. The van der Waals surface area contributed by atoms with Crippen LogP contribution in [0.15, 0.2) is 65.5 Å². The predicted octanol–water partition coefficient (Wildman–Crippen LogP) is 2.88. The zero-order chi connectivity index (χ0) is 24.6. The number of pyridine rings is 1. The van der Waals surface area contributed by atoms with Gasteiger partial charge in [-0.3, -0.25) is 19.5 Å². The van der Waals surface area contributed by atoms with E-state index in [0.29, 0.717) is 30.1 Å². The summed E-state index contributed by atoms with van der Waals surface area (Å²) < 4.78 is 0. The van der Waals surface area contributed by atoms with Gasteiger partial charge in [0.2, 0.25) is 11.8 Å². The number of fused-ring (bicyclic) bond motifs is 4. The van der Waals surface area contributed by atoms with Gasteiger partial charge in [0.15, 0.2) is 5.65 Å². The van der Waals surface area contributed by atoms with E-state index in [1.165, 1.54) is 22.3 Å². The van der Waals surface area contributed by atoms with Crippen LogP contribution in [0.25, 0.3) is 22.3 Å². The Labute approximate surface area is 207 Å². The molecular weight excluding hydrogens is 456 g/mol. The highest BCUT2D eigenvalue weighted by Crippen LogP contribution is 2.46. The van der Waals surface area contributed by atoms with Crippen molar-refractivity contribution in [2.45, 2.75) is 18.9 Å². The number of hydrogen-bond donors (Lipinski definition) is 3. The number of imidazole rings is 1. The third-order valence-corrected chi connectivity index (χ3v) is 7.04. The van der Waals surface area contributed by atoms with E-state index in [1.54, 1.807) is 12.1 Å². The van der Waals surface area contributed by atoms with Crippen LogP contribution in [0.2, 0.25) is 0 Å². The molecule has 2 amide bonds. The maximum atomic E-state index is 12.8. The number of anilines is 1. The van der Waals surface area contributed by atoms with Crippen LogP contribution in [0.1, 0.15) is 30.0 Å². The van der Waals surface area contributed by atoms with Crippen molar-refractivity contribution in [1.82, 2.24) is 24.8 Å². The normalized spacial score (nSPS) is 15.6. The lowest BCUT2D eigenvalue weighted by Gasteiger charge is -2.38. The highest BCUT2D eigenvalue weighted by molar-refractivity contribution is 5.93. The number of aromatic nitrogens is 3. The standard InChI is InChI=1S/C27H26N6O3/c34-23(29-22-10-9-21-26(30-22)31-27(36)28-21)11-12-24(35)32-13-15-33(16-14-32)25-19-7-3-1-5-17(19)18-6-2-4-8-20(18)25/h1-10,25H,11-16H2,(H3,28,29,30,31,34,36). The minimum atomic E-state index is -0.354. The molecule has 0 radical (unpaired) electrons. The van der Waals surface area contributed by atoms with Gasteiger partial charge >= 0.3 is 5.69 Å². The molecule has 182 valence electrons. The minimum absolute atomic E-state index is 0.0181. The van der Waals surface area contributed by atoms with Crippen LogP contribution < -0.4 is 11.0 Å². The average molecular weight is 483 g/mol. The Hall–Kier alpha value is -4.24. The number of benzene rings is 2. The van der Waals surface area contributed by atoms with Crippen molar-refractivity contribution < 1.29 is 9.59 Å². The van der Waals surface area contributed by atoms with Crippen molar-refractivity contribution in [3.8, 4) is 11.1 Å². The number of aromatic amines is 2. The fourth-order valence-corrected chi connectivity index (χ4v) is 5.32. The predicted molar refractivity (Wildman–Crippen MR) is 136 cm³/mol. The van der Waals surface area contributed by atoms with E-state index in [-0.39, 0.29) is 36.4 Å². The molecule has 2 aliphatic rings. The zero-order valence-corrected chi connectivity index (χ0v) is 19.7. The Bertz CT molecular complexity index is 1470. The first-order valence-corrected chi connectivity index (χ1v) is 12.2. The van der Waals surface area contributed by atoms with Crippen molar-refractivity contribution in [2.24, 2.45) is 0 Å². The van der Waals surface area contributed by atoms with Crippen LogP contribution in [0.5, 0.6) is 0 Å². The maximum absolute atomic E-state index is 12.8. The Kier molecular flexibility index (Phi) is 5.61. The van der Waals surface area contributed by atoms with Crippen molar-refractivity contribution in [3.63, 3.8) is 0 Å². The number of rotatable bonds is 5. The summed E-state index contributed by atoms with van der Waals surface area (Å²) in [6, 6.07) is 20.6. The second-order valence-electron chi connectivity index (χ2n) is 9.21. The number of carbonyl (C=O) groups is 2. The number of hydrogen-bond acceptors (Lipinski definition) is 5. The topological polar surface area (TPSA) is 114 Å². The van der Waals surface area contributed by atoms with Gasteiger partial charge in [0.1, 0.15) is 5.82 Å². The fraction of sp³-hybridized carbons (Fsp3) is 0.259. The van der Waals surface area contributed by atoms with E-state index >= 15 is 0 Å². The lowest BCUT2D eigenvalue weighted by molar-refractivity contribution is -0.134. The van der Waals surface area contributed by atoms with Crippen LogP contribution in [-0.2, 0) is 9.59 Å². The van der Waals surface area contributed by atoms with Crippen LogP contribution in [-0.4, -0.2) is 62.7 Å². The smallest absolute Gasteiger partial charge is 0.325 e. The number of carbonyl (C=O) groups excluding carboxylic acids is 2. The molecule has 0 saturated carbocycles. The molecule has 4 aromatic rings. The van der Waals surface area contributed by atoms with E-state index in [0.717, 1.165) is 13.1 Å². The first-order valence-electron chi connectivity index (χ1n) is 12.2. The fourth-order valence-electron chi connectivity index (χ4n) is 5.32. The number of nitrogens with one attached hydrogen (secondary N) is 3. The molecule has 2 aromatic heterocycles. The molecule has 36 heavy (non-hydrogen) atoms. The van der Waals surface area contributed by atoms with Crippen LogP contribution >= 0.6 is 0 Å². The number of piperazine rings is 1. The van der Waals surface area contributed by atoms with Gasteiger partial charge in [0.05, 0.1) is 11.6 Å². The molecule has 0 atom stereocenters. The summed E-state index contributed by atoms with van der Waals surface area (Å²) in [5.41, 5.74) is 5.82. The monoisotopic (exact) mass is 482 g/mol. The third kappa shape index (κ3) is 4.07. The minimum Gasteiger partial charge on any atom is -0.340 e. The summed E-state index contributed by atoms with van der Waals surface area (Å²) in [5.74, 6) is 0.0298. The van der Waals surface area contributed by atoms with Gasteiger partial charge in [-0.2, -0.15) is 0 Å². The van der Waals surface area contributed by atoms with E-state index < -0.39 is 0 Å². The van der Waals surface area contributed by atoms with Crippen molar-refractivity contribution in [1.29, 1.82) is 0 Å². The van der Waals surface area contributed by atoms with Crippen LogP contribution in [0.3, 0.4) is 0 Å². The lowest BCUT2D eigenvalue weighted by Crippen LogP contribution is -2.49. The molecule has 1 aliphatic carbocycles. The molecule has 0 unspecified atom stereocenters. The van der Waals surface area contributed by atoms with Gasteiger partial charge in [0.25, 0.3) is 0 Å².